The molecule has 0 spiro atoms. The number of benzene rings is 3. The van der Waals surface area contributed by atoms with Crippen molar-refractivity contribution in [3.63, 3.8) is 0 Å². The summed E-state index contributed by atoms with van der Waals surface area (Å²) in [7, 11) is 0. The molecule has 0 bridgehead atoms. The number of nitrogens with zero attached hydrogens (tertiary/aromatic N) is 3. The Balaban J connectivity index is 1.39. The van der Waals surface area contributed by atoms with E-state index < -0.39 is 15.1 Å². The Labute approximate surface area is 200 Å². The topological polar surface area (TPSA) is 66.4 Å². The molecule has 0 aliphatic rings. The molecule has 0 amide bonds. The fourth-order valence-electron chi connectivity index (χ4n) is 3.85. The minimum Gasteiger partial charge on any atom is -0.577 e. The van der Waals surface area contributed by atoms with Gasteiger partial charge in [0.1, 0.15) is 22.5 Å². The van der Waals surface area contributed by atoms with Crippen LogP contribution >= 0.6 is 0 Å². The summed E-state index contributed by atoms with van der Waals surface area (Å²) in [6.07, 6.45) is 5.26. The molecular weight excluding hydrogens is 441 g/mol. The molecule has 0 atom stereocenters. The summed E-state index contributed by atoms with van der Waals surface area (Å²) < 4.78 is 19.1. The molecule has 0 aliphatic carbocycles. The lowest BCUT2D eigenvalue weighted by atomic mass is 10.2. The van der Waals surface area contributed by atoms with Gasteiger partial charge in [-0.3, -0.25) is 15.0 Å². The van der Waals surface area contributed by atoms with Gasteiger partial charge < -0.3 is 11.4 Å². The summed E-state index contributed by atoms with van der Waals surface area (Å²) in [5.74, 6) is 1.85. The van der Waals surface area contributed by atoms with Crippen molar-refractivity contribution in [1.82, 2.24) is 15.0 Å². The molecule has 162 valence electrons. The predicted octanol–water partition coefficient (Wildman–Crippen LogP) is 5.85. The molecule has 7 heteroatoms. The summed E-state index contributed by atoms with van der Waals surface area (Å²) >= 11 is -2.82. The SMILES string of the molecule is c1cnc2cc([O][Al]([O]c3cccc4cccnc34)[O]c3cccc4cccnc34)ccc2c1. The van der Waals surface area contributed by atoms with Gasteiger partial charge in [-0.25, -0.2) is 0 Å². The van der Waals surface area contributed by atoms with Crippen LogP contribution in [0.3, 0.4) is 0 Å². The van der Waals surface area contributed by atoms with Crippen molar-refractivity contribution in [1.29, 1.82) is 0 Å². The van der Waals surface area contributed by atoms with Crippen LogP contribution in [0.2, 0.25) is 0 Å². The normalized spacial score (nSPS) is 10.9. The van der Waals surface area contributed by atoms with Crippen LogP contribution < -0.4 is 11.4 Å². The first-order chi connectivity index (χ1) is 16.8. The van der Waals surface area contributed by atoms with Gasteiger partial charge in [-0.15, -0.1) is 0 Å². The maximum absolute atomic E-state index is 6.38. The molecule has 3 aromatic heterocycles. The van der Waals surface area contributed by atoms with Crippen LogP contribution in [0, 0.1) is 0 Å². The fourth-order valence-corrected chi connectivity index (χ4v) is 5.16. The van der Waals surface area contributed by atoms with E-state index in [1.165, 1.54) is 0 Å². The van der Waals surface area contributed by atoms with Gasteiger partial charge in [0.2, 0.25) is 0 Å². The molecule has 34 heavy (non-hydrogen) atoms. The van der Waals surface area contributed by atoms with Crippen molar-refractivity contribution in [3.8, 4) is 17.2 Å². The highest BCUT2D eigenvalue weighted by Crippen LogP contribution is 2.28. The highest BCUT2D eigenvalue weighted by atomic mass is 27.3. The van der Waals surface area contributed by atoms with E-state index in [9.17, 15) is 0 Å². The van der Waals surface area contributed by atoms with Gasteiger partial charge in [0.05, 0.1) is 11.3 Å². The third-order valence-electron chi connectivity index (χ3n) is 5.45. The lowest BCUT2D eigenvalue weighted by Gasteiger charge is -2.18. The molecule has 3 heterocycles. The van der Waals surface area contributed by atoms with Crippen LogP contribution in [0.15, 0.2) is 110 Å². The first-order valence-electron chi connectivity index (χ1n) is 10.9. The van der Waals surface area contributed by atoms with Crippen molar-refractivity contribution in [2.45, 2.75) is 0 Å². The fraction of sp³-hybridized carbons (Fsp3) is 0. The average Bonchev–Trinajstić information content (AvgIpc) is 2.89. The largest absolute Gasteiger partial charge is 1.20 e. The first kappa shape index (κ1) is 20.4. The van der Waals surface area contributed by atoms with Crippen LogP contribution in [-0.4, -0.2) is 30.1 Å². The minimum atomic E-state index is -2.82. The van der Waals surface area contributed by atoms with Crippen LogP contribution in [0.5, 0.6) is 17.2 Å². The van der Waals surface area contributed by atoms with E-state index in [1.807, 2.05) is 91.0 Å². The van der Waals surface area contributed by atoms with E-state index in [-0.39, 0.29) is 0 Å². The Hall–Kier alpha value is -4.18. The van der Waals surface area contributed by atoms with Crippen molar-refractivity contribution >= 4 is 47.9 Å². The number of para-hydroxylation sites is 2. The van der Waals surface area contributed by atoms with E-state index in [4.69, 9.17) is 11.4 Å². The number of aromatic nitrogens is 3. The predicted molar refractivity (Wildman–Crippen MR) is 133 cm³/mol. The summed E-state index contributed by atoms with van der Waals surface area (Å²) in [6, 6.07) is 29.1. The molecule has 0 radical (unpaired) electrons. The van der Waals surface area contributed by atoms with Crippen LogP contribution in [0.25, 0.3) is 32.7 Å². The molecule has 0 aliphatic heterocycles. The second kappa shape index (κ2) is 8.99. The van der Waals surface area contributed by atoms with E-state index in [1.54, 1.807) is 18.6 Å². The lowest BCUT2D eigenvalue weighted by molar-refractivity contribution is 0.310. The molecule has 0 saturated heterocycles. The van der Waals surface area contributed by atoms with Crippen molar-refractivity contribution in [2.75, 3.05) is 0 Å². The van der Waals surface area contributed by atoms with Crippen molar-refractivity contribution in [2.24, 2.45) is 0 Å². The molecule has 6 nitrogen and oxygen atoms in total. The average molecular weight is 459 g/mol. The molecule has 3 aromatic carbocycles. The number of pyridine rings is 3. The molecule has 6 rings (SSSR count). The zero-order valence-corrected chi connectivity index (χ0v) is 19.2. The van der Waals surface area contributed by atoms with Gasteiger partial charge in [-0.1, -0.05) is 42.5 Å². The molecule has 6 aromatic rings. The maximum Gasteiger partial charge on any atom is 1.20 e. The Bertz CT molecular complexity index is 1530. The summed E-state index contributed by atoms with van der Waals surface area (Å²) in [6.45, 7) is 0. The summed E-state index contributed by atoms with van der Waals surface area (Å²) in [5, 5.41) is 3.00. The summed E-state index contributed by atoms with van der Waals surface area (Å²) in [5.41, 5.74) is 2.35. The number of hydrogen-bond acceptors (Lipinski definition) is 6. The zero-order chi connectivity index (χ0) is 22.7. The molecule has 0 fully saturated rings. The Morgan fingerprint density at radius 3 is 1.71 bits per heavy atom. The molecular formula is C27H18AlN3O3. The molecule has 0 saturated carbocycles. The maximum atomic E-state index is 6.38. The third-order valence-corrected chi connectivity index (χ3v) is 6.80. The van der Waals surface area contributed by atoms with Gasteiger partial charge in [0, 0.05) is 40.8 Å². The van der Waals surface area contributed by atoms with Gasteiger partial charge in [0.25, 0.3) is 0 Å². The van der Waals surface area contributed by atoms with Crippen LogP contribution in [-0.2, 0) is 0 Å². The van der Waals surface area contributed by atoms with Gasteiger partial charge in [0.15, 0.2) is 0 Å². The van der Waals surface area contributed by atoms with E-state index in [2.05, 4.69) is 15.0 Å². The third kappa shape index (κ3) is 4.11. The number of fused-ring (bicyclic) bond motifs is 3. The van der Waals surface area contributed by atoms with Gasteiger partial charge in [-0.2, -0.15) is 0 Å². The van der Waals surface area contributed by atoms with Gasteiger partial charge >= 0.3 is 15.1 Å². The highest BCUT2D eigenvalue weighted by Gasteiger charge is 2.45. The Kier molecular flexibility index (Phi) is 5.40. The zero-order valence-electron chi connectivity index (χ0n) is 18.0. The highest BCUT2D eigenvalue weighted by molar-refractivity contribution is 6.40. The van der Waals surface area contributed by atoms with E-state index >= 15 is 0 Å². The Morgan fingerprint density at radius 2 is 1.06 bits per heavy atom. The standard InChI is InChI=1S/3C9H7NO.Al/c2*11-8-5-1-3-7-4-2-6-10-9(7)8;11-8-4-3-7-2-1-5-10-9(7)6-8;/h3*1-6,11H;/q;;;+3/p-3. The monoisotopic (exact) mass is 459 g/mol. The first-order valence-corrected chi connectivity index (χ1v) is 12.3. The molecule has 0 N–H and O–H groups in total. The Morgan fingerprint density at radius 1 is 0.500 bits per heavy atom. The lowest BCUT2D eigenvalue weighted by Crippen LogP contribution is -2.37. The number of hydrogen-bond donors (Lipinski definition) is 0. The van der Waals surface area contributed by atoms with E-state index in [0.717, 1.165) is 32.7 Å². The number of rotatable bonds is 6. The minimum absolute atomic E-state index is 0.613. The second-order valence-electron chi connectivity index (χ2n) is 7.66. The quantitative estimate of drug-likeness (QED) is 0.291. The van der Waals surface area contributed by atoms with E-state index in [0.29, 0.717) is 17.2 Å². The van der Waals surface area contributed by atoms with Crippen molar-refractivity contribution < 1.29 is 11.4 Å². The van der Waals surface area contributed by atoms with Crippen LogP contribution in [0.1, 0.15) is 0 Å². The summed E-state index contributed by atoms with van der Waals surface area (Å²) in [4.78, 5) is 13.4. The van der Waals surface area contributed by atoms with Crippen molar-refractivity contribution in [3.05, 3.63) is 110 Å². The second-order valence-corrected chi connectivity index (χ2v) is 8.95. The smallest absolute Gasteiger partial charge is 0.577 e. The van der Waals surface area contributed by atoms with Gasteiger partial charge in [-0.05, 0) is 42.5 Å². The molecule has 0 unspecified atom stereocenters. The van der Waals surface area contributed by atoms with Crippen LogP contribution in [0.4, 0.5) is 0 Å².